The van der Waals surface area contributed by atoms with Crippen molar-refractivity contribution in [3.05, 3.63) is 103 Å². The number of hydrogen-bond acceptors (Lipinski definition) is 3. The highest BCUT2D eigenvalue weighted by atomic mass is 16.5. The van der Waals surface area contributed by atoms with Crippen molar-refractivity contribution in [2.24, 2.45) is 0 Å². The lowest BCUT2D eigenvalue weighted by Crippen LogP contribution is -1.90. The summed E-state index contributed by atoms with van der Waals surface area (Å²) >= 11 is 0. The molecule has 4 aromatic rings. The average molecular weight is 382 g/mol. The van der Waals surface area contributed by atoms with Gasteiger partial charge in [-0.15, -0.1) is 0 Å². The van der Waals surface area contributed by atoms with Gasteiger partial charge in [-0.05, 0) is 67.1 Å². The fourth-order valence-corrected chi connectivity index (χ4v) is 3.03. The van der Waals surface area contributed by atoms with Crippen molar-refractivity contribution < 1.29 is 14.2 Å². The molecule has 0 aromatic heterocycles. The summed E-state index contributed by atoms with van der Waals surface area (Å²) in [5, 5.41) is 0. The largest absolute Gasteiger partial charge is 0.497 e. The first-order chi connectivity index (χ1) is 14.2. The van der Waals surface area contributed by atoms with Gasteiger partial charge in [-0.3, -0.25) is 0 Å². The zero-order valence-electron chi connectivity index (χ0n) is 16.5. The van der Waals surface area contributed by atoms with Crippen LogP contribution in [0.3, 0.4) is 0 Å². The lowest BCUT2D eigenvalue weighted by Gasteiger charge is -2.13. The number of hydrogen-bond donors (Lipinski definition) is 0. The minimum atomic E-state index is 0.757. The third-order valence-electron chi connectivity index (χ3n) is 4.58. The van der Waals surface area contributed by atoms with Crippen LogP contribution in [0.4, 0.5) is 0 Å². The molecule has 0 heterocycles. The molecule has 3 heteroatoms. The second kappa shape index (κ2) is 8.53. The van der Waals surface area contributed by atoms with E-state index in [1.165, 1.54) is 5.56 Å². The van der Waals surface area contributed by atoms with Gasteiger partial charge in [0, 0.05) is 5.56 Å². The van der Waals surface area contributed by atoms with Gasteiger partial charge in [0.25, 0.3) is 0 Å². The number of rotatable bonds is 6. The standard InChI is InChI=1S/C26H22O3/c1-19-10-12-23(13-11-19)29-26-9-4-3-8-25(26)20-6-5-7-24(18-20)28-22-16-14-21(27-2)15-17-22/h3-18H,1-2H3. The summed E-state index contributed by atoms with van der Waals surface area (Å²) in [6, 6.07) is 31.6. The van der Waals surface area contributed by atoms with Crippen LogP contribution in [-0.2, 0) is 0 Å². The zero-order chi connectivity index (χ0) is 20.1. The first-order valence-corrected chi connectivity index (χ1v) is 9.47. The van der Waals surface area contributed by atoms with Crippen LogP contribution in [0.15, 0.2) is 97.1 Å². The summed E-state index contributed by atoms with van der Waals surface area (Å²) in [5.74, 6) is 3.94. The Morgan fingerprint density at radius 3 is 1.97 bits per heavy atom. The van der Waals surface area contributed by atoms with Gasteiger partial charge >= 0.3 is 0 Å². The quantitative estimate of drug-likeness (QED) is 0.351. The molecular formula is C26H22O3. The predicted octanol–water partition coefficient (Wildman–Crippen LogP) is 7.26. The molecule has 0 N–H and O–H groups in total. The summed E-state index contributed by atoms with van der Waals surface area (Å²) in [4.78, 5) is 0. The highest BCUT2D eigenvalue weighted by Crippen LogP contribution is 2.35. The molecule has 3 nitrogen and oxygen atoms in total. The van der Waals surface area contributed by atoms with E-state index in [-0.39, 0.29) is 0 Å². The minimum absolute atomic E-state index is 0.757. The van der Waals surface area contributed by atoms with Gasteiger partial charge in [-0.2, -0.15) is 0 Å². The van der Waals surface area contributed by atoms with E-state index in [2.05, 4.69) is 19.1 Å². The lowest BCUT2D eigenvalue weighted by atomic mass is 10.0. The molecular weight excluding hydrogens is 360 g/mol. The normalized spacial score (nSPS) is 10.4. The Balaban J connectivity index is 1.60. The molecule has 0 atom stereocenters. The van der Waals surface area contributed by atoms with Crippen LogP contribution in [0.1, 0.15) is 5.56 Å². The molecule has 0 aliphatic heterocycles. The van der Waals surface area contributed by atoms with E-state index in [1.807, 2.05) is 84.9 Å². The predicted molar refractivity (Wildman–Crippen MR) is 116 cm³/mol. The smallest absolute Gasteiger partial charge is 0.135 e. The minimum Gasteiger partial charge on any atom is -0.497 e. The van der Waals surface area contributed by atoms with Gasteiger partial charge in [-0.25, -0.2) is 0 Å². The van der Waals surface area contributed by atoms with Crippen molar-refractivity contribution in [2.45, 2.75) is 6.92 Å². The lowest BCUT2D eigenvalue weighted by molar-refractivity contribution is 0.413. The molecule has 144 valence electrons. The molecule has 0 unspecified atom stereocenters. The highest BCUT2D eigenvalue weighted by Gasteiger charge is 2.09. The van der Waals surface area contributed by atoms with Crippen molar-refractivity contribution in [3.63, 3.8) is 0 Å². The molecule has 4 rings (SSSR count). The monoisotopic (exact) mass is 382 g/mol. The fraction of sp³-hybridized carbons (Fsp3) is 0.0769. The Hall–Kier alpha value is -3.72. The molecule has 0 aliphatic rings. The van der Waals surface area contributed by atoms with E-state index >= 15 is 0 Å². The van der Waals surface area contributed by atoms with Gasteiger partial charge < -0.3 is 14.2 Å². The first-order valence-electron chi connectivity index (χ1n) is 9.47. The third kappa shape index (κ3) is 4.58. The summed E-state index contributed by atoms with van der Waals surface area (Å²) in [6.45, 7) is 2.06. The molecule has 0 saturated heterocycles. The van der Waals surface area contributed by atoms with Crippen LogP contribution < -0.4 is 14.2 Å². The number of ether oxygens (including phenoxy) is 3. The summed E-state index contributed by atoms with van der Waals surface area (Å²) < 4.78 is 17.4. The van der Waals surface area contributed by atoms with Gasteiger partial charge in [0.05, 0.1) is 7.11 Å². The molecule has 0 amide bonds. The van der Waals surface area contributed by atoms with E-state index in [9.17, 15) is 0 Å². The zero-order valence-corrected chi connectivity index (χ0v) is 16.5. The third-order valence-corrected chi connectivity index (χ3v) is 4.58. The maximum atomic E-state index is 6.15. The van der Waals surface area contributed by atoms with Crippen LogP contribution in [0.25, 0.3) is 11.1 Å². The maximum absolute atomic E-state index is 6.15. The van der Waals surface area contributed by atoms with Crippen molar-refractivity contribution in [3.8, 4) is 39.9 Å². The Morgan fingerprint density at radius 2 is 1.21 bits per heavy atom. The van der Waals surface area contributed by atoms with Crippen LogP contribution in [-0.4, -0.2) is 7.11 Å². The van der Waals surface area contributed by atoms with Crippen molar-refractivity contribution in [2.75, 3.05) is 7.11 Å². The van der Waals surface area contributed by atoms with Gasteiger partial charge in [-0.1, -0.05) is 48.0 Å². The molecule has 4 aromatic carbocycles. The van der Waals surface area contributed by atoms with Crippen molar-refractivity contribution in [1.82, 2.24) is 0 Å². The average Bonchev–Trinajstić information content (AvgIpc) is 2.76. The van der Waals surface area contributed by atoms with Gasteiger partial charge in [0.1, 0.15) is 28.7 Å². The van der Waals surface area contributed by atoms with Crippen LogP contribution in [0, 0.1) is 6.92 Å². The second-order valence-corrected chi connectivity index (χ2v) is 6.72. The Morgan fingerprint density at radius 1 is 0.552 bits per heavy atom. The molecule has 0 aliphatic carbocycles. The number of benzene rings is 4. The van der Waals surface area contributed by atoms with E-state index in [0.717, 1.165) is 39.9 Å². The Bertz CT molecular complexity index is 1080. The van der Waals surface area contributed by atoms with Crippen LogP contribution in [0.2, 0.25) is 0 Å². The van der Waals surface area contributed by atoms with E-state index in [4.69, 9.17) is 14.2 Å². The van der Waals surface area contributed by atoms with Crippen molar-refractivity contribution >= 4 is 0 Å². The van der Waals surface area contributed by atoms with Crippen LogP contribution in [0.5, 0.6) is 28.7 Å². The molecule has 0 fully saturated rings. The highest BCUT2D eigenvalue weighted by molar-refractivity contribution is 5.72. The number of methoxy groups -OCH3 is 1. The fourth-order valence-electron chi connectivity index (χ4n) is 3.03. The number of para-hydroxylation sites is 1. The summed E-state index contributed by atoms with van der Waals surface area (Å²) in [6.07, 6.45) is 0. The first kappa shape index (κ1) is 18.6. The molecule has 0 bridgehead atoms. The molecule has 0 saturated carbocycles. The number of aryl methyl sites for hydroxylation is 1. The Labute approximate surface area is 171 Å². The summed E-state index contributed by atoms with van der Waals surface area (Å²) in [7, 11) is 1.65. The second-order valence-electron chi connectivity index (χ2n) is 6.72. The maximum Gasteiger partial charge on any atom is 0.135 e. The SMILES string of the molecule is COc1ccc(Oc2cccc(-c3ccccc3Oc3ccc(C)cc3)c2)cc1. The molecule has 0 spiro atoms. The Kier molecular flexibility index (Phi) is 5.48. The van der Waals surface area contributed by atoms with Crippen LogP contribution >= 0.6 is 0 Å². The summed E-state index contributed by atoms with van der Waals surface area (Å²) in [5.41, 5.74) is 3.24. The van der Waals surface area contributed by atoms with E-state index in [1.54, 1.807) is 7.11 Å². The molecule has 29 heavy (non-hydrogen) atoms. The van der Waals surface area contributed by atoms with Gasteiger partial charge in [0.15, 0.2) is 0 Å². The van der Waals surface area contributed by atoms with E-state index in [0.29, 0.717) is 0 Å². The van der Waals surface area contributed by atoms with Crippen molar-refractivity contribution in [1.29, 1.82) is 0 Å². The molecule has 0 radical (unpaired) electrons. The topological polar surface area (TPSA) is 27.7 Å². The van der Waals surface area contributed by atoms with E-state index < -0.39 is 0 Å². The van der Waals surface area contributed by atoms with Gasteiger partial charge in [0.2, 0.25) is 0 Å².